The van der Waals surface area contributed by atoms with E-state index >= 15 is 0 Å². The van der Waals surface area contributed by atoms with E-state index in [1.165, 1.54) is 6.21 Å². The van der Waals surface area contributed by atoms with E-state index in [2.05, 4.69) is 10.5 Å². The van der Waals surface area contributed by atoms with Crippen LogP contribution in [0.15, 0.2) is 47.6 Å². The number of carbonyl (C=O) groups excluding carboxylic acids is 1. The van der Waals surface area contributed by atoms with Crippen molar-refractivity contribution in [3.05, 3.63) is 68.7 Å². The summed E-state index contributed by atoms with van der Waals surface area (Å²) in [6.07, 6.45) is 1.45. The van der Waals surface area contributed by atoms with Crippen LogP contribution in [0.4, 0.5) is 0 Å². The minimum atomic E-state index is -0.353. The lowest BCUT2D eigenvalue weighted by atomic mass is 10.2. The van der Waals surface area contributed by atoms with Crippen molar-refractivity contribution in [2.75, 3.05) is 0 Å². The van der Waals surface area contributed by atoms with Gasteiger partial charge < -0.3 is 0 Å². The Balaban J connectivity index is 2.04. The lowest BCUT2D eigenvalue weighted by molar-refractivity contribution is 0.0955. The molecule has 102 valence electrons. The molecular weight excluding hydrogens is 319 g/mol. The fourth-order valence-corrected chi connectivity index (χ4v) is 2.11. The molecule has 2 aromatic rings. The second-order valence-electron chi connectivity index (χ2n) is 3.88. The summed E-state index contributed by atoms with van der Waals surface area (Å²) in [4.78, 5) is 11.8. The van der Waals surface area contributed by atoms with Crippen LogP contribution in [-0.4, -0.2) is 12.1 Å². The Kier molecular flexibility index (Phi) is 5.01. The molecule has 0 radical (unpaired) electrons. The highest BCUT2D eigenvalue weighted by Gasteiger charge is 2.04. The molecule has 0 bridgehead atoms. The van der Waals surface area contributed by atoms with E-state index in [4.69, 9.17) is 34.8 Å². The zero-order valence-corrected chi connectivity index (χ0v) is 12.4. The molecule has 2 aromatic carbocycles. The topological polar surface area (TPSA) is 41.5 Å². The van der Waals surface area contributed by atoms with Crippen LogP contribution in [0.25, 0.3) is 0 Å². The maximum atomic E-state index is 11.8. The van der Waals surface area contributed by atoms with Crippen molar-refractivity contribution in [2.24, 2.45) is 5.10 Å². The summed E-state index contributed by atoms with van der Waals surface area (Å²) < 4.78 is 0. The highest BCUT2D eigenvalue weighted by Crippen LogP contribution is 2.19. The number of hydrazone groups is 1. The number of carbonyl (C=O) groups is 1. The molecule has 0 atom stereocenters. The predicted octanol–water partition coefficient (Wildman–Crippen LogP) is 4.41. The Morgan fingerprint density at radius 3 is 2.50 bits per heavy atom. The molecule has 0 saturated heterocycles. The summed E-state index contributed by atoms with van der Waals surface area (Å²) in [6.45, 7) is 0. The maximum absolute atomic E-state index is 11.8. The number of benzene rings is 2. The van der Waals surface area contributed by atoms with Crippen LogP contribution in [-0.2, 0) is 0 Å². The van der Waals surface area contributed by atoms with Gasteiger partial charge in [0.1, 0.15) is 0 Å². The van der Waals surface area contributed by atoms with Crippen molar-refractivity contribution >= 4 is 46.9 Å². The summed E-state index contributed by atoms with van der Waals surface area (Å²) in [7, 11) is 0. The number of amides is 1. The van der Waals surface area contributed by atoms with Gasteiger partial charge in [-0.25, -0.2) is 5.43 Å². The van der Waals surface area contributed by atoms with E-state index in [1.54, 1.807) is 42.5 Å². The van der Waals surface area contributed by atoms with Gasteiger partial charge in [0.15, 0.2) is 0 Å². The molecule has 0 fully saturated rings. The minimum Gasteiger partial charge on any atom is -0.267 e. The van der Waals surface area contributed by atoms with E-state index in [-0.39, 0.29) is 5.91 Å². The number of nitrogens with one attached hydrogen (secondary N) is 1. The summed E-state index contributed by atoms with van der Waals surface area (Å²) in [6, 6.07) is 11.6. The van der Waals surface area contributed by atoms with Gasteiger partial charge in [-0.1, -0.05) is 46.9 Å². The third-order valence-corrected chi connectivity index (χ3v) is 3.22. The van der Waals surface area contributed by atoms with Gasteiger partial charge in [-0.2, -0.15) is 5.10 Å². The van der Waals surface area contributed by atoms with E-state index in [1.807, 2.05) is 0 Å². The molecule has 1 N–H and O–H groups in total. The Hall–Kier alpha value is -1.55. The normalized spacial score (nSPS) is 10.8. The molecule has 0 unspecified atom stereocenters. The maximum Gasteiger partial charge on any atom is 0.271 e. The van der Waals surface area contributed by atoms with E-state index < -0.39 is 0 Å². The van der Waals surface area contributed by atoms with Crippen LogP contribution in [0.1, 0.15) is 15.9 Å². The van der Waals surface area contributed by atoms with Gasteiger partial charge in [0.2, 0.25) is 0 Å². The second kappa shape index (κ2) is 6.75. The molecule has 1 amide bonds. The average Bonchev–Trinajstić information content (AvgIpc) is 2.41. The smallest absolute Gasteiger partial charge is 0.267 e. The van der Waals surface area contributed by atoms with Crippen LogP contribution < -0.4 is 5.43 Å². The standard InChI is InChI=1S/C14H9Cl3N2O/c15-11-3-1-2-9(6-11)14(20)19-18-8-10-4-5-12(16)7-13(10)17/h1-8H,(H,19,20)/b18-8+. The highest BCUT2D eigenvalue weighted by molar-refractivity contribution is 6.36. The molecule has 20 heavy (non-hydrogen) atoms. The van der Waals surface area contributed by atoms with E-state index in [9.17, 15) is 4.79 Å². The summed E-state index contributed by atoms with van der Waals surface area (Å²) in [5, 5.41) is 5.33. The van der Waals surface area contributed by atoms with Gasteiger partial charge in [0.05, 0.1) is 11.2 Å². The van der Waals surface area contributed by atoms with Crippen LogP contribution in [0.3, 0.4) is 0 Å². The third kappa shape index (κ3) is 3.97. The van der Waals surface area contributed by atoms with Crippen molar-refractivity contribution in [1.29, 1.82) is 0 Å². The largest absolute Gasteiger partial charge is 0.271 e. The lowest BCUT2D eigenvalue weighted by Gasteiger charge is -2.01. The van der Waals surface area contributed by atoms with Gasteiger partial charge >= 0.3 is 0 Å². The van der Waals surface area contributed by atoms with Crippen LogP contribution in [0, 0.1) is 0 Å². The Labute approximate surface area is 131 Å². The second-order valence-corrected chi connectivity index (χ2v) is 5.16. The van der Waals surface area contributed by atoms with Crippen molar-refractivity contribution in [3.8, 4) is 0 Å². The number of hydrogen-bond donors (Lipinski definition) is 1. The minimum absolute atomic E-state index is 0.353. The van der Waals surface area contributed by atoms with Crippen molar-refractivity contribution in [1.82, 2.24) is 5.43 Å². The molecule has 2 rings (SSSR count). The highest BCUT2D eigenvalue weighted by atomic mass is 35.5. The Bertz CT molecular complexity index is 671. The Morgan fingerprint density at radius 1 is 1.05 bits per heavy atom. The fraction of sp³-hybridized carbons (Fsp3) is 0. The van der Waals surface area contributed by atoms with Gasteiger partial charge in [-0.15, -0.1) is 0 Å². The first-order valence-corrected chi connectivity index (χ1v) is 6.73. The predicted molar refractivity (Wildman–Crippen MR) is 83.0 cm³/mol. The molecule has 0 aromatic heterocycles. The van der Waals surface area contributed by atoms with Crippen molar-refractivity contribution < 1.29 is 4.79 Å². The number of halogens is 3. The molecule has 0 heterocycles. The zero-order valence-electron chi connectivity index (χ0n) is 10.1. The van der Waals surface area contributed by atoms with Crippen LogP contribution in [0.2, 0.25) is 15.1 Å². The Morgan fingerprint density at radius 2 is 1.80 bits per heavy atom. The van der Waals surface area contributed by atoms with Gasteiger partial charge in [0.25, 0.3) is 5.91 Å². The summed E-state index contributed by atoms with van der Waals surface area (Å²) in [5.41, 5.74) is 3.48. The van der Waals surface area contributed by atoms with Crippen molar-refractivity contribution in [2.45, 2.75) is 0 Å². The quantitative estimate of drug-likeness (QED) is 0.658. The van der Waals surface area contributed by atoms with Crippen molar-refractivity contribution in [3.63, 3.8) is 0 Å². The first-order chi connectivity index (χ1) is 9.56. The molecule has 0 aliphatic rings. The van der Waals surface area contributed by atoms with Crippen LogP contribution >= 0.6 is 34.8 Å². The van der Waals surface area contributed by atoms with Gasteiger partial charge in [-0.3, -0.25) is 4.79 Å². The molecule has 0 aliphatic carbocycles. The lowest BCUT2D eigenvalue weighted by Crippen LogP contribution is -2.17. The molecule has 0 spiro atoms. The molecular formula is C14H9Cl3N2O. The first-order valence-electron chi connectivity index (χ1n) is 5.60. The third-order valence-electron chi connectivity index (χ3n) is 2.42. The SMILES string of the molecule is O=C(N/N=C/c1ccc(Cl)cc1Cl)c1cccc(Cl)c1. The number of nitrogens with zero attached hydrogens (tertiary/aromatic N) is 1. The zero-order chi connectivity index (χ0) is 14.5. The number of hydrogen-bond acceptors (Lipinski definition) is 2. The summed E-state index contributed by atoms with van der Waals surface area (Å²) in [5.74, 6) is -0.353. The molecule has 6 heteroatoms. The molecule has 0 aliphatic heterocycles. The number of rotatable bonds is 3. The molecule has 3 nitrogen and oxygen atoms in total. The van der Waals surface area contributed by atoms with Gasteiger partial charge in [-0.05, 0) is 30.3 Å². The first kappa shape index (κ1) is 14.9. The van der Waals surface area contributed by atoms with E-state index in [0.29, 0.717) is 26.2 Å². The fourth-order valence-electron chi connectivity index (χ4n) is 1.46. The van der Waals surface area contributed by atoms with Crippen LogP contribution in [0.5, 0.6) is 0 Å². The average molecular weight is 328 g/mol. The van der Waals surface area contributed by atoms with Gasteiger partial charge in [0, 0.05) is 21.2 Å². The summed E-state index contributed by atoms with van der Waals surface area (Å²) >= 11 is 17.6. The molecule has 0 saturated carbocycles. The monoisotopic (exact) mass is 326 g/mol. The van der Waals surface area contributed by atoms with E-state index in [0.717, 1.165) is 0 Å².